The first kappa shape index (κ1) is 12.0. The zero-order chi connectivity index (χ0) is 11.3. The van der Waals surface area contributed by atoms with Crippen LogP contribution in [0.4, 0.5) is 0 Å². The fraction of sp³-hybridized carbons (Fsp3) is 0.615. The second kappa shape index (κ2) is 5.74. The molecule has 0 aromatic heterocycles. The van der Waals surface area contributed by atoms with Crippen LogP contribution < -0.4 is 0 Å². The average Bonchev–Trinajstić information content (AvgIpc) is 2.21. The van der Waals surface area contributed by atoms with Crippen LogP contribution in [0.3, 0.4) is 0 Å². The van der Waals surface area contributed by atoms with E-state index in [4.69, 9.17) is 0 Å². The summed E-state index contributed by atoms with van der Waals surface area (Å²) in [7, 11) is 1.84. The Labute approximate surface area is 93.4 Å². The van der Waals surface area contributed by atoms with Crippen molar-refractivity contribution in [3.8, 4) is 0 Å². The lowest BCUT2D eigenvalue weighted by molar-refractivity contribution is 0.274. The van der Waals surface area contributed by atoms with Crippen LogP contribution in [0.5, 0.6) is 0 Å². The zero-order valence-corrected chi connectivity index (χ0v) is 10.3. The molecule has 1 heterocycles. The molecule has 0 aliphatic carbocycles. The third-order valence-corrected chi connectivity index (χ3v) is 2.72. The number of rotatable bonds is 3. The normalized spacial score (nSPS) is 18.9. The van der Waals surface area contributed by atoms with Crippen molar-refractivity contribution in [1.82, 2.24) is 4.90 Å². The Hall–Kier alpha value is -1.05. The number of aliphatic imine (C=N–C) groups is 1. The maximum absolute atomic E-state index is 4.14. The molecule has 0 aromatic rings. The van der Waals surface area contributed by atoms with Crippen molar-refractivity contribution >= 4 is 6.21 Å². The molecule has 0 spiro atoms. The summed E-state index contributed by atoms with van der Waals surface area (Å²) in [5.41, 5.74) is 2.72. The molecular weight excluding hydrogens is 184 g/mol. The van der Waals surface area contributed by atoms with Gasteiger partial charge in [-0.2, -0.15) is 0 Å². The SMILES string of the molecule is C/C=C\C1=C(/C=N\C)CCCN1C(C)C. The highest BCUT2D eigenvalue weighted by atomic mass is 15.2. The van der Waals surface area contributed by atoms with E-state index < -0.39 is 0 Å². The Balaban J connectivity index is 3.05. The fourth-order valence-corrected chi connectivity index (χ4v) is 2.06. The van der Waals surface area contributed by atoms with E-state index in [9.17, 15) is 0 Å². The lowest BCUT2D eigenvalue weighted by Gasteiger charge is -2.35. The molecule has 15 heavy (non-hydrogen) atoms. The monoisotopic (exact) mass is 206 g/mol. The maximum atomic E-state index is 4.14. The van der Waals surface area contributed by atoms with Gasteiger partial charge in [0, 0.05) is 31.5 Å². The summed E-state index contributed by atoms with van der Waals surface area (Å²) in [5, 5.41) is 0. The van der Waals surface area contributed by atoms with E-state index >= 15 is 0 Å². The molecule has 2 heteroatoms. The van der Waals surface area contributed by atoms with E-state index in [-0.39, 0.29) is 0 Å². The fourth-order valence-electron chi connectivity index (χ4n) is 2.06. The van der Waals surface area contributed by atoms with Crippen molar-refractivity contribution < 1.29 is 0 Å². The summed E-state index contributed by atoms with van der Waals surface area (Å²) in [6, 6.07) is 0.566. The van der Waals surface area contributed by atoms with Gasteiger partial charge < -0.3 is 4.90 Å². The van der Waals surface area contributed by atoms with Crippen LogP contribution in [0.15, 0.2) is 28.4 Å². The summed E-state index contributed by atoms with van der Waals surface area (Å²) in [5.74, 6) is 0. The van der Waals surface area contributed by atoms with E-state index in [1.807, 2.05) is 13.3 Å². The van der Waals surface area contributed by atoms with Crippen LogP contribution in [0, 0.1) is 0 Å². The third-order valence-electron chi connectivity index (χ3n) is 2.72. The highest BCUT2D eigenvalue weighted by Gasteiger charge is 2.18. The summed E-state index contributed by atoms with van der Waals surface area (Å²) in [6.45, 7) is 7.73. The van der Waals surface area contributed by atoms with Gasteiger partial charge in [0.2, 0.25) is 0 Å². The Morgan fingerprint density at radius 1 is 1.40 bits per heavy atom. The predicted molar refractivity (Wildman–Crippen MR) is 67.3 cm³/mol. The van der Waals surface area contributed by atoms with Crippen molar-refractivity contribution in [3.05, 3.63) is 23.4 Å². The molecule has 2 nitrogen and oxygen atoms in total. The summed E-state index contributed by atoms with van der Waals surface area (Å²) >= 11 is 0. The van der Waals surface area contributed by atoms with Gasteiger partial charge in [0.25, 0.3) is 0 Å². The van der Waals surface area contributed by atoms with Crippen LogP contribution in [-0.2, 0) is 0 Å². The molecule has 1 aliphatic rings. The molecular formula is C13H22N2. The van der Waals surface area contributed by atoms with Gasteiger partial charge in [-0.05, 0) is 45.3 Å². The van der Waals surface area contributed by atoms with Crippen molar-refractivity contribution in [1.29, 1.82) is 0 Å². The lowest BCUT2D eigenvalue weighted by atomic mass is 10.0. The van der Waals surface area contributed by atoms with Gasteiger partial charge in [0.1, 0.15) is 0 Å². The van der Waals surface area contributed by atoms with Crippen LogP contribution >= 0.6 is 0 Å². The second-order valence-corrected chi connectivity index (χ2v) is 4.19. The quantitative estimate of drug-likeness (QED) is 0.648. The van der Waals surface area contributed by atoms with Crippen molar-refractivity contribution in [2.45, 2.75) is 39.7 Å². The third kappa shape index (κ3) is 2.95. The van der Waals surface area contributed by atoms with Gasteiger partial charge in [0.15, 0.2) is 0 Å². The summed E-state index contributed by atoms with van der Waals surface area (Å²) in [4.78, 5) is 6.60. The van der Waals surface area contributed by atoms with Gasteiger partial charge in [0.05, 0.1) is 0 Å². The van der Waals surface area contributed by atoms with E-state index in [1.54, 1.807) is 0 Å². The van der Waals surface area contributed by atoms with E-state index in [2.05, 4.69) is 42.8 Å². The molecule has 0 saturated carbocycles. The molecule has 0 fully saturated rings. The van der Waals surface area contributed by atoms with Gasteiger partial charge in [-0.15, -0.1) is 0 Å². The molecule has 0 saturated heterocycles. The molecule has 0 radical (unpaired) electrons. The maximum Gasteiger partial charge on any atom is 0.0413 e. The zero-order valence-electron chi connectivity index (χ0n) is 10.3. The first-order valence-corrected chi connectivity index (χ1v) is 5.75. The van der Waals surface area contributed by atoms with Crippen LogP contribution in [0.1, 0.15) is 33.6 Å². The molecule has 1 aliphatic heterocycles. The van der Waals surface area contributed by atoms with E-state index in [1.165, 1.54) is 24.2 Å². The first-order valence-electron chi connectivity index (χ1n) is 5.75. The summed E-state index contributed by atoms with van der Waals surface area (Å²) in [6.07, 6.45) is 8.71. The van der Waals surface area contributed by atoms with Crippen LogP contribution in [0.25, 0.3) is 0 Å². The number of hydrogen-bond acceptors (Lipinski definition) is 2. The Morgan fingerprint density at radius 2 is 2.13 bits per heavy atom. The number of hydrogen-bond donors (Lipinski definition) is 0. The highest BCUT2D eigenvalue weighted by Crippen LogP contribution is 2.24. The van der Waals surface area contributed by atoms with Gasteiger partial charge in [-0.3, -0.25) is 4.99 Å². The lowest BCUT2D eigenvalue weighted by Crippen LogP contribution is -2.34. The Bertz CT molecular complexity index is 285. The smallest absolute Gasteiger partial charge is 0.0413 e. The molecule has 0 aromatic carbocycles. The number of allylic oxidation sites excluding steroid dienone is 3. The molecule has 84 valence electrons. The predicted octanol–water partition coefficient (Wildman–Crippen LogP) is 3.02. The largest absolute Gasteiger partial charge is 0.369 e. The van der Waals surface area contributed by atoms with Crippen LogP contribution in [0.2, 0.25) is 0 Å². The molecule has 0 unspecified atom stereocenters. The molecule has 1 rings (SSSR count). The van der Waals surface area contributed by atoms with Crippen molar-refractivity contribution in [2.24, 2.45) is 4.99 Å². The topological polar surface area (TPSA) is 15.6 Å². The van der Waals surface area contributed by atoms with Gasteiger partial charge in [-0.1, -0.05) is 6.08 Å². The molecule has 0 bridgehead atoms. The average molecular weight is 206 g/mol. The molecule has 0 N–H and O–H groups in total. The standard InChI is InChI=1S/C13H22N2/c1-5-7-13-12(10-14-4)8-6-9-15(13)11(2)3/h5,7,10-11H,6,8-9H2,1-4H3/b7-5-,14-10-. The van der Waals surface area contributed by atoms with E-state index in [0.29, 0.717) is 6.04 Å². The minimum Gasteiger partial charge on any atom is -0.369 e. The molecule has 0 amide bonds. The minimum atomic E-state index is 0.566. The second-order valence-electron chi connectivity index (χ2n) is 4.19. The number of nitrogens with zero attached hydrogens (tertiary/aromatic N) is 2. The molecule has 0 atom stereocenters. The van der Waals surface area contributed by atoms with Crippen LogP contribution in [-0.4, -0.2) is 30.7 Å². The van der Waals surface area contributed by atoms with Crippen molar-refractivity contribution in [2.75, 3.05) is 13.6 Å². The van der Waals surface area contributed by atoms with E-state index in [0.717, 1.165) is 6.42 Å². The van der Waals surface area contributed by atoms with Gasteiger partial charge >= 0.3 is 0 Å². The minimum absolute atomic E-state index is 0.566. The Kier molecular flexibility index (Phi) is 4.60. The first-order chi connectivity index (χ1) is 7.20. The highest BCUT2D eigenvalue weighted by molar-refractivity contribution is 5.80. The summed E-state index contributed by atoms with van der Waals surface area (Å²) < 4.78 is 0. The van der Waals surface area contributed by atoms with Crippen molar-refractivity contribution in [3.63, 3.8) is 0 Å². The van der Waals surface area contributed by atoms with Gasteiger partial charge in [-0.25, -0.2) is 0 Å². The Morgan fingerprint density at radius 3 is 2.67 bits per heavy atom.